The van der Waals surface area contributed by atoms with Crippen LogP contribution in [0.4, 0.5) is 0 Å². The minimum absolute atomic E-state index is 0.102. The van der Waals surface area contributed by atoms with Crippen LogP contribution in [0.15, 0.2) is 62.1 Å². The normalized spacial score (nSPS) is 16.0. The highest BCUT2D eigenvalue weighted by Crippen LogP contribution is 2.34. The van der Waals surface area contributed by atoms with Gasteiger partial charge in [-0.05, 0) is 36.2 Å². The lowest BCUT2D eigenvalue weighted by atomic mass is 10.0. The van der Waals surface area contributed by atoms with Crippen LogP contribution in [-0.4, -0.2) is 37.1 Å². The van der Waals surface area contributed by atoms with Gasteiger partial charge in [0.15, 0.2) is 5.16 Å². The number of carbonyl (C=O) groups excluding carboxylic acids is 1. The monoisotopic (exact) mass is 459 g/mol. The highest BCUT2D eigenvalue weighted by atomic mass is 35.5. The van der Waals surface area contributed by atoms with E-state index in [2.05, 4.69) is 22.2 Å². The van der Waals surface area contributed by atoms with Gasteiger partial charge in [-0.25, -0.2) is 14.9 Å². The van der Waals surface area contributed by atoms with Crippen molar-refractivity contribution in [3.05, 3.63) is 69.5 Å². The second-order valence-corrected chi connectivity index (χ2v) is 8.51. The van der Waals surface area contributed by atoms with E-state index >= 15 is 0 Å². The van der Waals surface area contributed by atoms with Crippen molar-refractivity contribution in [2.45, 2.75) is 43.9 Å². The third-order valence-corrected chi connectivity index (χ3v) is 6.21. The summed E-state index contributed by atoms with van der Waals surface area (Å²) in [6, 6.07) is 10.7. The Morgan fingerprint density at radius 3 is 2.84 bits per heavy atom. The maximum absolute atomic E-state index is 13.1. The standard InChI is InChI=1S/C21H22ClN5O3S/c1-2-3-10-26-20(29)23-24-21(26)31-13-19(28)27-17(18-5-4-11-30-18)12-16(25-27)14-6-8-15(22)9-7-14/h4-9,11,17H,2-3,10,12-13H2,1H3,(H,23,29). The Kier molecular flexibility index (Phi) is 6.62. The Morgan fingerprint density at radius 1 is 1.32 bits per heavy atom. The van der Waals surface area contributed by atoms with E-state index in [0.717, 1.165) is 24.1 Å². The second kappa shape index (κ2) is 9.57. The van der Waals surface area contributed by atoms with Crippen molar-refractivity contribution in [3.63, 3.8) is 0 Å². The topological polar surface area (TPSA) is 96.5 Å². The van der Waals surface area contributed by atoms with Crippen LogP contribution in [-0.2, 0) is 11.3 Å². The van der Waals surface area contributed by atoms with Crippen molar-refractivity contribution in [2.75, 3.05) is 5.75 Å². The highest BCUT2D eigenvalue weighted by Gasteiger charge is 2.35. The summed E-state index contributed by atoms with van der Waals surface area (Å²) in [6.45, 7) is 2.62. The van der Waals surface area contributed by atoms with Crippen LogP contribution in [0.3, 0.4) is 0 Å². The molecule has 0 saturated carbocycles. The molecule has 162 valence electrons. The zero-order chi connectivity index (χ0) is 21.8. The number of H-pyrrole nitrogens is 1. The number of benzene rings is 1. The molecule has 0 radical (unpaired) electrons. The number of nitrogens with zero attached hydrogens (tertiary/aromatic N) is 4. The van der Waals surface area contributed by atoms with Crippen LogP contribution in [0.25, 0.3) is 0 Å². The summed E-state index contributed by atoms with van der Waals surface area (Å²) in [6.07, 6.45) is 3.95. The molecule has 1 aromatic carbocycles. The van der Waals surface area contributed by atoms with Gasteiger partial charge in [0.05, 0.1) is 17.7 Å². The van der Waals surface area contributed by atoms with Gasteiger partial charge in [-0.3, -0.25) is 9.36 Å². The maximum Gasteiger partial charge on any atom is 0.343 e. The number of amides is 1. The molecule has 3 heterocycles. The fourth-order valence-corrected chi connectivity index (χ4v) is 4.33. The number of carbonyl (C=O) groups is 1. The molecule has 31 heavy (non-hydrogen) atoms. The van der Waals surface area contributed by atoms with Gasteiger partial charge in [-0.15, -0.1) is 5.10 Å². The van der Waals surface area contributed by atoms with E-state index in [4.69, 9.17) is 16.0 Å². The van der Waals surface area contributed by atoms with Crippen LogP contribution < -0.4 is 5.69 Å². The first kappa shape index (κ1) is 21.5. The molecule has 1 unspecified atom stereocenters. The van der Waals surface area contributed by atoms with Gasteiger partial charge < -0.3 is 4.42 Å². The van der Waals surface area contributed by atoms with Gasteiger partial charge in [0.2, 0.25) is 0 Å². The number of rotatable bonds is 8. The van der Waals surface area contributed by atoms with Crippen molar-refractivity contribution in [1.29, 1.82) is 0 Å². The van der Waals surface area contributed by atoms with Gasteiger partial charge in [0.1, 0.15) is 11.8 Å². The van der Waals surface area contributed by atoms with Crippen LogP contribution in [0.1, 0.15) is 43.6 Å². The fourth-order valence-electron chi connectivity index (χ4n) is 3.38. The lowest BCUT2D eigenvalue weighted by Crippen LogP contribution is -2.28. The number of hydrogen-bond acceptors (Lipinski definition) is 6. The molecule has 1 atom stereocenters. The summed E-state index contributed by atoms with van der Waals surface area (Å²) in [5.41, 5.74) is 1.43. The maximum atomic E-state index is 13.1. The minimum atomic E-state index is -0.324. The molecule has 1 amide bonds. The van der Waals surface area contributed by atoms with E-state index in [1.54, 1.807) is 29.0 Å². The lowest BCUT2D eigenvalue weighted by molar-refractivity contribution is -0.130. The Bertz CT molecular complexity index is 1120. The van der Waals surface area contributed by atoms with Gasteiger partial charge in [-0.1, -0.05) is 48.8 Å². The molecule has 0 spiro atoms. The number of aromatic nitrogens is 3. The summed E-state index contributed by atoms with van der Waals surface area (Å²) >= 11 is 7.22. The molecule has 4 rings (SSSR count). The van der Waals surface area contributed by atoms with Crippen LogP contribution in [0.2, 0.25) is 5.02 Å². The number of unbranched alkanes of at least 4 members (excludes halogenated alkanes) is 1. The number of halogens is 1. The van der Waals surface area contributed by atoms with Crippen molar-refractivity contribution in [1.82, 2.24) is 19.8 Å². The summed E-state index contributed by atoms with van der Waals surface area (Å²) in [4.78, 5) is 25.1. The number of hydrogen-bond donors (Lipinski definition) is 1. The molecule has 1 aliphatic heterocycles. The Labute approximate surface area is 188 Å². The molecule has 1 N–H and O–H groups in total. The zero-order valence-electron chi connectivity index (χ0n) is 17.0. The number of furan rings is 1. The van der Waals surface area contributed by atoms with Gasteiger partial charge >= 0.3 is 5.69 Å². The predicted octanol–water partition coefficient (Wildman–Crippen LogP) is 4.09. The summed E-state index contributed by atoms with van der Waals surface area (Å²) in [7, 11) is 0. The summed E-state index contributed by atoms with van der Waals surface area (Å²) in [5, 5.41) is 13.7. The summed E-state index contributed by atoms with van der Waals surface area (Å²) < 4.78 is 7.14. The van der Waals surface area contributed by atoms with E-state index in [0.29, 0.717) is 28.9 Å². The number of nitrogens with one attached hydrogen (secondary N) is 1. The molecule has 0 bridgehead atoms. The number of hydrazone groups is 1. The van der Waals surface area contributed by atoms with E-state index < -0.39 is 0 Å². The van der Waals surface area contributed by atoms with Crippen molar-refractivity contribution in [2.24, 2.45) is 5.10 Å². The predicted molar refractivity (Wildman–Crippen MR) is 119 cm³/mol. The average molecular weight is 460 g/mol. The molecule has 10 heteroatoms. The highest BCUT2D eigenvalue weighted by molar-refractivity contribution is 7.99. The van der Waals surface area contributed by atoms with Crippen LogP contribution >= 0.6 is 23.4 Å². The first-order valence-electron chi connectivity index (χ1n) is 10.0. The van der Waals surface area contributed by atoms with Gasteiger partial charge in [-0.2, -0.15) is 5.10 Å². The zero-order valence-corrected chi connectivity index (χ0v) is 18.5. The molecule has 0 saturated heterocycles. The third kappa shape index (κ3) is 4.77. The Balaban J connectivity index is 1.53. The van der Waals surface area contributed by atoms with E-state index in [9.17, 15) is 9.59 Å². The van der Waals surface area contributed by atoms with Crippen molar-refractivity contribution >= 4 is 35.0 Å². The molecule has 0 aliphatic carbocycles. The van der Waals surface area contributed by atoms with Crippen LogP contribution in [0, 0.1) is 0 Å². The minimum Gasteiger partial charge on any atom is -0.467 e. The lowest BCUT2D eigenvalue weighted by Gasteiger charge is -2.19. The molecule has 8 nitrogen and oxygen atoms in total. The molecule has 1 aliphatic rings. The fraction of sp³-hybridized carbons (Fsp3) is 0.333. The first-order valence-corrected chi connectivity index (χ1v) is 11.4. The van der Waals surface area contributed by atoms with Gasteiger partial charge in [0.25, 0.3) is 5.91 Å². The Morgan fingerprint density at radius 2 is 2.13 bits per heavy atom. The van der Waals surface area contributed by atoms with Crippen molar-refractivity contribution < 1.29 is 9.21 Å². The SMILES string of the molecule is CCCCn1c(SCC(=O)N2N=C(c3ccc(Cl)cc3)CC2c2ccco2)n[nH]c1=O. The third-order valence-electron chi connectivity index (χ3n) is 5.00. The molecule has 2 aromatic heterocycles. The molecule has 0 fully saturated rings. The largest absolute Gasteiger partial charge is 0.467 e. The first-order chi connectivity index (χ1) is 15.1. The summed E-state index contributed by atoms with van der Waals surface area (Å²) in [5.74, 6) is 0.587. The van der Waals surface area contributed by atoms with Gasteiger partial charge in [0, 0.05) is 18.0 Å². The molecule has 3 aromatic rings. The smallest absolute Gasteiger partial charge is 0.343 e. The van der Waals surface area contributed by atoms with E-state index in [1.807, 2.05) is 18.2 Å². The average Bonchev–Trinajstić information content (AvgIpc) is 3.51. The molecular weight excluding hydrogens is 438 g/mol. The van der Waals surface area contributed by atoms with Crippen molar-refractivity contribution in [3.8, 4) is 0 Å². The molecular formula is C21H22ClN5O3S. The Hall–Kier alpha value is -2.78. The number of aromatic amines is 1. The van der Waals surface area contributed by atoms with E-state index in [1.165, 1.54) is 16.8 Å². The second-order valence-electron chi connectivity index (χ2n) is 7.13. The number of thioether (sulfide) groups is 1. The van der Waals surface area contributed by atoms with Crippen LogP contribution in [0.5, 0.6) is 0 Å². The quantitative estimate of drug-likeness (QED) is 0.512. The van der Waals surface area contributed by atoms with E-state index in [-0.39, 0.29) is 23.4 Å².